The molecule has 0 saturated carbocycles. The highest BCUT2D eigenvalue weighted by Crippen LogP contribution is 2.36. The van der Waals surface area contributed by atoms with Crippen molar-refractivity contribution < 1.29 is 9.53 Å². The number of rotatable bonds is 3. The molecule has 0 saturated heterocycles. The Morgan fingerprint density at radius 3 is 2.60 bits per heavy atom. The minimum absolute atomic E-state index is 0.111. The van der Waals surface area contributed by atoms with Crippen LogP contribution < -0.4 is 0 Å². The molecule has 0 atom stereocenters. The van der Waals surface area contributed by atoms with Gasteiger partial charge in [0.1, 0.15) is 0 Å². The van der Waals surface area contributed by atoms with Crippen molar-refractivity contribution in [2.24, 2.45) is 0 Å². The number of hydrogen-bond donors (Lipinski definition) is 1. The van der Waals surface area contributed by atoms with Crippen LogP contribution in [-0.2, 0) is 11.0 Å². The first-order chi connectivity index (χ1) is 9.17. The third-order valence-corrected chi connectivity index (χ3v) is 8.53. The number of halogens is 1. The van der Waals surface area contributed by atoms with Crippen LogP contribution in [0.25, 0.3) is 0 Å². The topological polar surface area (TPSA) is 42.4 Å². The van der Waals surface area contributed by atoms with E-state index >= 15 is 0 Å². The maximum Gasteiger partial charge on any atom is 0.193 e. The molecule has 1 aromatic rings. The second kappa shape index (κ2) is 6.86. The maximum atomic E-state index is 9.23. The van der Waals surface area contributed by atoms with Crippen LogP contribution in [0, 0.1) is 11.8 Å². The number of aromatic nitrogens is 1. The number of hydrogen-bond acceptors (Lipinski definition) is 3. The lowest BCUT2D eigenvalue weighted by Gasteiger charge is -2.35. The molecule has 0 amide bonds. The van der Waals surface area contributed by atoms with E-state index in [0.717, 1.165) is 10.0 Å². The van der Waals surface area contributed by atoms with Crippen molar-refractivity contribution in [2.75, 3.05) is 6.61 Å². The smallest absolute Gasteiger partial charge is 0.193 e. The molecule has 0 fully saturated rings. The van der Waals surface area contributed by atoms with Gasteiger partial charge in [0.25, 0.3) is 0 Å². The van der Waals surface area contributed by atoms with E-state index in [4.69, 9.17) is 4.43 Å². The van der Waals surface area contributed by atoms with E-state index in [2.05, 4.69) is 66.6 Å². The summed E-state index contributed by atoms with van der Waals surface area (Å²) < 4.78 is 6.84. The van der Waals surface area contributed by atoms with Gasteiger partial charge in [0.15, 0.2) is 8.32 Å². The van der Waals surface area contributed by atoms with Gasteiger partial charge in [0.05, 0.1) is 18.9 Å². The minimum atomic E-state index is -1.75. The quantitative estimate of drug-likeness (QED) is 0.663. The van der Waals surface area contributed by atoms with Gasteiger partial charge in [-0.1, -0.05) is 32.6 Å². The van der Waals surface area contributed by atoms with Crippen LogP contribution in [0.5, 0.6) is 0 Å². The fraction of sp³-hybridized carbons (Fsp3) is 0.533. The Morgan fingerprint density at radius 2 is 2.05 bits per heavy atom. The first kappa shape index (κ1) is 17.4. The largest absolute Gasteiger partial charge is 0.406 e. The van der Waals surface area contributed by atoms with Gasteiger partial charge in [-0.25, -0.2) is 0 Å². The molecule has 110 valence electrons. The molecular formula is C15H22BrNO2Si. The molecule has 0 aliphatic rings. The van der Waals surface area contributed by atoms with E-state index in [1.54, 1.807) is 6.20 Å². The molecule has 1 heterocycles. The first-order valence-electron chi connectivity index (χ1n) is 6.55. The zero-order valence-corrected chi connectivity index (χ0v) is 15.3. The molecule has 1 N–H and O–H groups in total. The predicted octanol–water partition coefficient (Wildman–Crippen LogP) is 3.71. The third-order valence-electron chi connectivity index (χ3n) is 3.62. The van der Waals surface area contributed by atoms with Crippen molar-refractivity contribution in [1.29, 1.82) is 0 Å². The summed E-state index contributed by atoms with van der Waals surface area (Å²) in [4.78, 5) is 4.13. The van der Waals surface area contributed by atoms with Crippen LogP contribution in [0.2, 0.25) is 18.1 Å². The second-order valence-corrected chi connectivity index (χ2v) is 11.9. The Labute approximate surface area is 131 Å². The van der Waals surface area contributed by atoms with E-state index in [-0.39, 0.29) is 11.6 Å². The zero-order valence-electron chi connectivity index (χ0n) is 12.7. The average Bonchev–Trinajstić information content (AvgIpc) is 2.33. The molecule has 5 heteroatoms. The molecule has 0 aliphatic carbocycles. The lowest BCUT2D eigenvalue weighted by atomic mass is 10.2. The van der Waals surface area contributed by atoms with Gasteiger partial charge < -0.3 is 9.53 Å². The standard InChI is InChI=1S/C15H22BrNO2Si/c1-15(2,3)20(4,5)19-8-6-7-12-9-13(16)10-17-14(12)11-18/h9-10,18H,8,11H2,1-5H3. The summed E-state index contributed by atoms with van der Waals surface area (Å²) in [5.41, 5.74) is 1.33. The van der Waals surface area contributed by atoms with Crippen LogP contribution in [0.15, 0.2) is 16.7 Å². The zero-order chi connectivity index (χ0) is 15.4. The number of pyridine rings is 1. The van der Waals surface area contributed by atoms with Crippen LogP contribution in [-0.4, -0.2) is 25.0 Å². The van der Waals surface area contributed by atoms with E-state index < -0.39 is 8.32 Å². The van der Waals surface area contributed by atoms with Gasteiger partial charge in [-0.2, -0.15) is 0 Å². The van der Waals surface area contributed by atoms with Gasteiger partial charge in [0, 0.05) is 16.2 Å². The summed E-state index contributed by atoms with van der Waals surface area (Å²) in [5, 5.41) is 9.41. The fourth-order valence-electron chi connectivity index (χ4n) is 1.27. The molecule has 0 bridgehead atoms. The Morgan fingerprint density at radius 1 is 1.40 bits per heavy atom. The highest BCUT2D eigenvalue weighted by molar-refractivity contribution is 9.10. The SMILES string of the molecule is CC(C)(C)[Si](C)(C)OCC#Cc1cc(Br)cnc1CO. The molecule has 0 radical (unpaired) electrons. The summed E-state index contributed by atoms with van der Waals surface area (Å²) in [7, 11) is -1.75. The summed E-state index contributed by atoms with van der Waals surface area (Å²) in [6.07, 6.45) is 1.66. The van der Waals surface area contributed by atoms with Crippen LogP contribution in [0.1, 0.15) is 32.0 Å². The Hall–Kier alpha value is -0.673. The lowest BCUT2D eigenvalue weighted by molar-refractivity contribution is 0.276. The third kappa shape index (κ3) is 4.71. The van der Waals surface area contributed by atoms with Crippen molar-refractivity contribution in [3.05, 3.63) is 28.0 Å². The first-order valence-corrected chi connectivity index (χ1v) is 10.3. The van der Waals surface area contributed by atoms with Gasteiger partial charge >= 0.3 is 0 Å². The predicted molar refractivity (Wildman–Crippen MR) is 87.9 cm³/mol. The number of aliphatic hydroxyl groups excluding tert-OH is 1. The molecule has 0 aliphatic heterocycles. The van der Waals surface area contributed by atoms with Crippen molar-refractivity contribution in [3.63, 3.8) is 0 Å². The number of nitrogens with zero attached hydrogens (tertiary/aromatic N) is 1. The summed E-state index contributed by atoms with van der Waals surface area (Å²) in [6.45, 7) is 11.3. The van der Waals surface area contributed by atoms with E-state index in [0.29, 0.717) is 12.3 Å². The van der Waals surface area contributed by atoms with Crippen LogP contribution in [0.4, 0.5) is 0 Å². The highest BCUT2D eigenvalue weighted by atomic mass is 79.9. The molecular weight excluding hydrogens is 334 g/mol. The maximum absolute atomic E-state index is 9.23. The van der Waals surface area contributed by atoms with Gasteiger partial charge in [-0.15, -0.1) is 0 Å². The fourth-order valence-corrected chi connectivity index (χ4v) is 2.46. The Bertz CT molecular complexity index is 527. The van der Waals surface area contributed by atoms with Crippen molar-refractivity contribution in [3.8, 4) is 11.8 Å². The van der Waals surface area contributed by atoms with Crippen molar-refractivity contribution in [2.45, 2.75) is 45.5 Å². The van der Waals surface area contributed by atoms with Crippen LogP contribution >= 0.6 is 15.9 Å². The van der Waals surface area contributed by atoms with Crippen molar-refractivity contribution >= 4 is 24.2 Å². The average molecular weight is 356 g/mol. The second-order valence-electron chi connectivity index (χ2n) is 6.16. The normalized spacial score (nSPS) is 11.9. The number of aliphatic hydroxyl groups is 1. The molecule has 1 aromatic heterocycles. The van der Waals surface area contributed by atoms with Crippen LogP contribution in [0.3, 0.4) is 0 Å². The summed E-state index contributed by atoms with van der Waals surface area (Å²) in [6, 6.07) is 1.86. The van der Waals surface area contributed by atoms with Gasteiger partial charge in [0.2, 0.25) is 0 Å². The molecule has 3 nitrogen and oxygen atoms in total. The molecule has 20 heavy (non-hydrogen) atoms. The van der Waals surface area contributed by atoms with E-state index in [1.807, 2.05) is 6.07 Å². The molecule has 0 aromatic carbocycles. The summed E-state index contributed by atoms with van der Waals surface area (Å²) in [5.74, 6) is 6.05. The van der Waals surface area contributed by atoms with Crippen molar-refractivity contribution in [1.82, 2.24) is 4.98 Å². The minimum Gasteiger partial charge on any atom is -0.406 e. The van der Waals surface area contributed by atoms with E-state index in [9.17, 15) is 5.11 Å². The van der Waals surface area contributed by atoms with E-state index in [1.165, 1.54) is 0 Å². The Kier molecular flexibility index (Phi) is 5.96. The molecule has 0 unspecified atom stereocenters. The summed E-state index contributed by atoms with van der Waals surface area (Å²) >= 11 is 3.36. The van der Waals surface area contributed by atoms with Gasteiger partial charge in [-0.05, 0) is 40.1 Å². The lowest BCUT2D eigenvalue weighted by Crippen LogP contribution is -2.40. The Balaban J connectivity index is 2.75. The highest BCUT2D eigenvalue weighted by Gasteiger charge is 2.36. The monoisotopic (exact) mass is 355 g/mol. The van der Waals surface area contributed by atoms with Gasteiger partial charge in [-0.3, -0.25) is 4.98 Å². The molecule has 0 spiro atoms. The molecule has 1 rings (SSSR count).